The minimum absolute atomic E-state index is 0.136. The Balaban J connectivity index is 1.80. The predicted molar refractivity (Wildman–Crippen MR) is 105 cm³/mol. The summed E-state index contributed by atoms with van der Waals surface area (Å²) in [5, 5.41) is 15.1. The van der Waals surface area contributed by atoms with Crippen molar-refractivity contribution < 1.29 is 9.90 Å². The van der Waals surface area contributed by atoms with Crippen molar-refractivity contribution in [2.45, 2.75) is 37.6 Å². The Morgan fingerprint density at radius 1 is 0.923 bits per heavy atom. The van der Waals surface area contributed by atoms with Crippen LogP contribution in [0, 0.1) is 0 Å². The van der Waals surface area contributed by atoms with E-state index in [0.717, 1.165) is 43.2 Å². The SMILES string of the molecule is O=C1NC2(CCCCC2)C(O)=C1c1cc(-c2ccc(Cl)cc2)ccc1Cl. The fourth-order valence-corrected chi connectivity index (χ4v) is 4.33. The van der Waals surface area contributed by atoms with E-state index < -0.39 is 5.54 Å². The summed E-state index contributed by atoms with van der Waals surface area (Å²) in [7, 11) is 0. The molecule has 0 bridgehead atoms. The highest BCUT2D eigenvalue weighted by Crippen LogP contribution is 2.43. The van der Waals surface area contributed by atoms with Crippen LogP contribution in [0.2, 0.25) is 10.0 Å². The quantitative estimate of drug-likeness (QED) is 0.687. The molecule has 1 aliphatic heterocycles. The van der Waals surface area contributed by atoms with Crippen molar-refractivity contribution in [3.63, 3.8) is 0 Å². The molecular formula is C21H19Cl2NO2. The van der Waals surface area contributed by atoms with E-state index in [0.29, 0.717) is 21.2 Å². The van der Waals surface area contributed by atoms with E-state index in [9.17, 15) is 9.90 Å². The summed E-state index contributed by atoms with van der Waals surface area (Å²) in [5.74, 6) is -0.114. The lowest BCUT2D eigenvalue weighted by Gasteiger charge is -2.33. The molecule has 1 amide bonds. The van der Waals surface area contributed by atoms with Crippen molar-refractivity contribution in [2.75, 3.05) is 0 Å². The molecule has 4 rings (SSSR count). The molecule has 2 aliphatic rings. The van der Waals surface area contributed by atoms with E-state index >= 15 is 0 Å². The maximum absolute atomic E-state index is 12.7. The second-order valence-corrected chi connectivity index (χ2v) is 7.87. The molecule has 134 valence electrons. The van der Waals surface area contributed by atoms with Gasteiger partial charge < -0.3 is 10.4 Å². The number of carbonyl (C=O) groups is 1. The van der Waals surface area contributed by atoms with Gasteiger partial charge in [-0.2, -0.15) is 0 Å². The zero-order valence-electron chi connectivity index (χ0n) is 14.2. The number of hydrogen-bond donors (Lipinski definition) is 2. The van der Waals surface area contributed by atoms with Crippen LogP contribution in [-0.4, -0.2) is 16.6 Å². The van der Waals surface area contributed by atoms with Crippen LogP contribution >= 0.6 is 23.2 Å². The zero-order chi connectivity index (χ0) is 18.3. The van der Waals surface area contributed by atoms with Crippen molar-refractivity contribution in [3.05, 3.63) is 63.8 Å². The van der Waals surface area contributed by atoms with Crippen LogP contribution in [0.25, 0.3) is 16.7 Å². The van der Waals surface area contributed by atoms with E-state index in [2.05, 4.69) is 5.32 Å². The number of amides is 1. The molecule has 0 saturated heterocycles. The lowest BCUT2D eigenvalue weighted by molar-refractivity contribution is -0.116. The second-order valence-electron chi connectivity index (χ2n) is 7.02. The van der Waals surface area contributed by atoms with Gasteiger partial charge in [0.2, 0.25) is 0 Å². The molecule has 1 heterocycles. The molecule has 1 fully saturated rings. The number of benzene rings is 2. The smallest absolute Gasteiger partial charge is 0.256 e. The first-order valence-corrected chi connectivity index (χ1v) is 9.58. The van der Waals surface area contributed by atoms with E-state index in [-0.39, 0.29) is 11.7 Å². The van der Waals surface area contributed by atoms with Gasteiger partial charge in [0.15, 0.2) is 0 Å². The minimum Gasteiger partial charge on any atom is -0.509 e. The van der Waals surface area contributed by atoms with Crippen LogP contribution in [0.5, 0.6) is 0 Å². The number of nitrogens with one attached hydrogen (secondary N) is 1. The summed E-state index contributed by atoms with van der Waals surface area (Å²) in [6.45, 7) is 0. The van der Waals surface area contributed by atoms with Crippen LogP contribution in [0.15, 0.2) is 48.2 Å². The molecule has 0 unspecified atom stereocenters. The Kier molecular flexibility index (Phi) is 4.45. The summed E-state index contributed by atoms with van der Waals surface area (Å²) >= 11 is 12.4. The van der Waals surface area contributed by atoms with Gasteiger partial charge >= 0.3 is 0 Å². The number of aliphatic hydroxyl groups is 1. The average molecular weight is 388 g/mol. The number of hydrogen-bond acceptors (Lipinski definition) is 2. The molecule has 26 heavy (non-hydrogen) atoms. The van der Waals surface area contributed by atoms with Gasteiger partial charge in [0.25, 0.3) is 5.91 Å². The maximum Gasteiger partial charge on any atom is 0.256 e. The van der Waals surface area contributed by atoms with Crippen LogP contribution in [0.4, 0.5) is 0 Å². The molecule has 0 aromatic heterocycles. The van der Waals surface area contributed by atoms with Gasteiger partial charge in [0.1, 0.15) is 5.76 Å². The minimum atomic E-state index is -0.621. The number of halogens is 2. The molecule has 1 spiro atoms. The van der Waals surface area contributed by atoms with Gasteiger partial charge in [-0.05, 0) is 48.2 Å². The molecule has 0 radical (unpaired) electrons. The highest BCUT2D eigenvalue weighted by molar-refractivity contribution is 6.35. The lowest BCUT2D eigenvalue weighted by Crippen LogP contribution is -2.46. The number of rotatable bonds is 2. The topological polar surface area (TPSA) is 49.3 Å². The predicted octanol–water partition coefficient (Wildman–Crippen LogP) is 5.76. The van der Waals surface area contributed by atoms with E-state index in [1.807, 2.05) is 36.4 Å². The largest absolute Gasteiger partial charge is 0.509 e. The van der Waals surface area contributed by atoms with E-state index in [4.69, 9.17) is 23.2 Å². The third kappa shape index (κ3) is 2.89. The Hall–Kier alpha value is -1.97. The van der Waals surface area contributed by atoms with E-state index in [1.165, 1.54) is 0 Å². The van der Waals surface area contributed by atoms with Crippen molar-refractivity contribution >= 4 is 34.7 Å². The van der Waals surface area contributed by atoms with E-state index in [1.54, 1.807) is 6.07 Å². The average Bonchev–Trinajstić information content (AvgIpc) is 2.87. The summed E-state index contributed by atoms with van der Waals surface area (Å²) in [4.78, 5) is 12.7. The fraction of sp³-hybridized carbons (Fsp3) is 0.286. The Bertz CT molecular complexity index is 897. The van der Waals surface area contributed by atoms with Gasteiger partial charge in [-0.15, -0.1) is 0 Å². The molecule has 5 heteroatoms. The van der Waals surface area contributed by atoms with Crippen LogP contribution in [0.3, 0.4) is 0 Å². The molecule has 1 saturated carbocycles. The molecule has 2 N–H and O–H groups in total. The van der Waals surface area contributed by atoms with Crippen LogP contribution < -0.4 is 5.32 Å². The van der Waals surface area contributed by atoms with Crippen LogP contribution in [-0.2, 0) is 4.79 Å². The third-order valence-corrected chi connectivity index (χ3v) is 5.97. The van der Waals surface area contributed by atoms with Gasteiger partial charge in [0, 0.05) is 15.6 Å². The maximum atomic E-state index is 12.7. The lowest BCUT2D eigenvalue weighted by atomic mass is 9.80. The number of aliphatic hydroxyl groups excluding tert-OH is 1. The Morgan fingerprint density at radius 2 is 1.58 bits per heavy atom. The molecule has 3 nitrogen and oxygen atoms in total. The van der Waals surface area contributed by atoms with Crippen molar-refractivity contribution in [2.24, 2.45) is 0 Å². The zero-order valence-corrected chi connectivity index (χ0v) is 15.7. The Labute approximate surface area is 162 Å². The third-order valence-electron chi connectivity index (χ3n) is 5.39. The summed E-state index contributed by atoms with van der Waals surface area (Å²) < 4.78 is 0. The number of carbonyl (C=O) groups excluding carboxylic acids is 1. The molecule has 2 aromatic carbocycles. The van der Waals surface area contributed by atoms with Crippen molar-refractivity contribution in [1.29, 1.82) is 0 Å². The van der Waals surface area contributed by atoms with Gasteiger partial charge in [-0.25, -0.2) is 0 Å². The second kappa shape index (κ2) is 6.64. The van der Waals surface area contributed by atoms with Crippen molar-refractivity contribution in [1.82, 2.24) is 5.32 Å². The van der Waals surface area contributed by atoms with Gasteiger partial charge in [-0.1, -0.05) is 60.7 Å². The summed E-state index contributed by atoms with van der Waals surface area (Å²) in [5.41, 5.74) is 2.13. The highest BCUT2D eigenvalue weighted by atomic mass is 35.5. The molecule has 0 atom stereocenters. The summed E-state index contributed by atoms with van der Waals surface area (Å²) in [6, 6.07) is 13.0. The standard InChI is InChI=1S/C21H19Cl2NO2/c22-15-7-4-13(5-8-15)14-6-9-17(23)16(12-14)18-19(25)21(24-20(18)26)10-2-1-3-11-21/h4-9,12,25H,1-3,10-11H2,(H,24,26). The first-order valence-electron chi connectivity index (χ1n) is 8.82. The van der Waals surface area contributed by atoms with Gasteiger partial charge in [-0.3, -0.25) is 4.79 Å². The monoisotopic (exact) mass is 387 g/mol. The normalized spacial score (nSPS) is 19.1. The fourth-order valence-electron chi connectivity index (χ4n) is 3.99. The first kappa shape index (κ1) is 17.4. The van der Waals surface area contributed by atoms with Gasteiger partial charge in [0.05, 0.1) is 11.1 Å². The molecule has 1 aliphatic carbocycles. The Morgan fingerprint density at radius 3 is 2.27 bits per heavy atom. The summed E-state index contributed by atoms with van der Waals surface area (Å²) in [6.07, 6.45) is 4.66. The molecular weight excluding hydrogens is 369 g/mol. The molecule has 2 aromatic rings. The van der Waals surface area contributed by atoms with Crippen LogP contribution in [0.1, 0.15) is 37.7 Å². The highest BCUT2D eigenvalue weighted by Gasteiger charge is 2.46. The first-order chi connectivity index (χ1) is 12.5. The van der Waals surface area contributed by atoms with Crippen molar-refractivity contribution in [3.8, 4) is 11.1 Å².